The van der Waals surface area contributed by atoms with Gasteiger partial charge in [0, 0.05) is 43.4 Å². The average molecular weight is 379 g/mol. The quantitative estimate of drug-likeness (QED) is 0.802. The van der Waals surface area contributed by atoms with Crippen LogP contribution >= 0.6 is 23.2 Å². The van der Waals surface area contributed by atoms with Gasteiger partial charge in [-0.2, -0.15) is 0 Å². The molecule has 4 nitrogen and oxygen atoms in total. The lowest BCUT2D eigenvalue weighted by molar-refractivity contribution is 0.171. The summed E-state index contributed by atoms with van der Waals surface area (Å²) in [6.07, 6.45) is 0. The summed E-state index contributed by atoms with van der Waals surface area (Å²) in [5, 5.41) is 1.41. The van der Waals surface area contributed by atoms with E-state index in [0.717, 1.165) is 49.1 Å². The van der Waals surface area contributed by atoms with E-state index in [9.17, 15) is 0 Å². The van der Waals surface area contributed by atoms with Gasteiger partial charge in [0.25, 0.3) is 0 Å². The fourth-order valence-corrected chi connectivity index (χ4v) is 3.82. The molecule has 0 aliphatic carbocycles. The number of ether oxygens (including phenoxy) is 2. The number of hydrogen-bond donors (Lipinski definition) is 0. The molecule has 2 aromatic rings. The molecule has 1 fully saturated rings. The molecule has 2 heterocycles. The van der Waals surface area contributed by atoms with Crippen LogP contribution in [-0.4, -0.2) is 44.3 Å². The smallest absolute Gasteiger partial charge is 0.179 e. The number of fused-ring (bicyclic) bond motifs is 1. The van der Waals surface area contributed by atoms with Gasteiger partial charge < -0.3 is 14.4 Å². The lowest BCUT2D eigenvalue weighted by atomic mass is 10.1. The highest BCUT2D eigenvalue weighted by atomic mass is 35.5. The summed E-state index contributed by atoms with van der Waals surface area (Å²) in [7, 11) is 0. The maximum atomic E-state index is 6.34. The standard InChI is InChI=1S/C19H20Cl2N2O2/c20-15-2-1-3-16(12-15)23-6-4-22(5-7-23)13-14-10-17(21)19-18(11-14)24-8-9-25-19/h1-3,10-12H,4-9,13H2. The van der Waals surface area contributed by atoms with Crippen LogP contribution in [0, 0.1) is 0 Å². The van der Waals surface area contributed by atoms with E-state index in [1.54, 1.807) is 0 Å². The van der Waals surface area contributed by atoms with Crippen molar-refractivity contribution in [2.24, 2.45) is 0 Å². The number of hydrogen-bond acceptors (Lipinski definition) is 4. The Hall–Kier alpha value is -1.62. The Balaban J connectivity index is 1.40. The average Bonchev–Trinajstić information content (AvgIpc) is 2.62. The first-order chi connectivity index (χ1) is 12.2. The lowest BCUT2D eigenvalue weighted by Crippen LogP contribution is -2.45. The van der Waals surface area contributed by atoms with Gasteiger partial charge in [-0.15, -0.1) is 0 Å². The third-order valence-electron chi connectivity index (χ3n) is 4.61. The van der Waals surface area contributed by atoms with Crippen LogP contribution in [0.5, 0.6) is 11.5 Å². The minimum absolute atomic E-state index is 0.553. The fraction of sp³-hybridized carbons (Fsp3) is 0.368. The largest absolute Gasteiger partial charge is 0.486 e. The van der Waals surface area contributed by atoms with E-state index >= 15 is 0 Å². The Labute approximate surface area is 157 Å². The number of nitrogens with zero attached hydrogens (tertiary/aromatic N) is 2. The molecule has 0 spiro atoms. The summed E-state index contributed by atoms with van der Waals surface area (Å²) in [6.45, 7) is 5.96. The Bertz CT molecular complexity index is 761. The number of anilines is 1. The van der Waals surface area contributed by atoms with E-state index in [-0.39, 0.29) is 0 Å². The summed E-state index contributed by atoms with van der Waals surface area (Å²) < 4.78 is 11.3. The van der Waals surface area contributed by atoms with Crippen molar-refractivity contribution in [2.45, 2.75) is 6.54 Å². The highest BCUT2D eigenvalue weighted by Gasteiger charge is 2.20. The minimum atomic E-state index is 0.553. The summed E-state index contributed by atoms with van der Waals surface area (Å²) in [5.41, 5.74) is 2.35. The molecule has 0 radical (unpaired) electrons. The first-order valence-corrected chi connectivity index (χ1v) is 9.25. The Morgan fingerprint density at radius 1 is 0.920 bits per heavy atom. The topological polar surface area (TPSA) is 24.9 Å². The van der Waals surface area contributed by atoms with Crippen molar-refractivity contribution < 1.29 is 9.47 Å². The SMILES string of the molecule is Clc1cccc(N2CCN(Cc3cc(Cl)c4c(c3)OCCO4)CC2)c1. The van der Waals surface area contributed by atoms with Crippen molar-refractivity contribution in [3.63, 3.8) is 0 Å². The van der Waals surface area contributed by atoms with E-state index in [4.69, 9.17) is 32.7 Å². The molecule has 0 aromatic heterocycles. The predicted molar refractivity (Wildman–Crippen MR) is 101 cm³/mol. The van der Waals surface area contributed by atoms with Crippen LogP contribution in [-0.2, 0) is 6.54 Å². The molecule has 132 valence electrons. The molecule has 4 rings (SSSR count). The van der Waals surface area contributed by atoms with Gasteiger partial charge >= 0.3 is 0 Å². The van der Waals surface area contributed by atoms with E-state index in [1.807, 2.05) is 30.3 Å². The van der Waals surface area contributed by atoms with E-state index in [1.165, 1.54) is 5.69 Å². The summed E-state index contributed by atoms with van der Waals surface area (Å²) in [4.78, 5) is 4.81. The highest BCUT2D eigenvalue weighted by Crippen LogP contribution is 2.38. The molecule has 2 aliphatic heterocycles. The Morgan fingerprint density at radius 2 is 1.72 bits per heavy atom. The van der Waals surface area contributed by atoms with E-state index < -0.39 is 0 Å². The molecule has 2 aliphatic rings. The van der Waals surface area contributed by atoms with Crippen molar-refractivity contribution in [1.29, 1.82) is 0 Å². The molecule has 1 saturated heterocycles. The van der Waals surface area contributed by atoms with Crippen molar-refractivity contribution in [3.8, 4) is 11.5 Å². The van der Waals surface area contributed by atoms with Gasteiger partial charge in [0.1, 0.15) is 13.2 Å². The zero-order valence-electron chi connectivity index (χ0n) is 13.9. The highest BCUT2D eigenvalue weighted by molar-refractivity contribution is 6.32. The Morgan fingerprint density at radius 3 is 2.52 bits per heavy atom. The summed E-state index contributed by atoms with van der Waals surface area (Å²) in [5.74, 6) is 1.42. The maximum Gasteiger partial charge on any atom is 0.179 e. The van der Waals surface area contributed by atoms with Crippen LogP contribution in [0.3, 0.4) is 0 Å². The van der Waals surface area contributed by atoms with Crippen LogP contribution in [0.15, 0.2) is 36.4 Å². The second kappa shape index (κ2) is 7.32. The van der Waals surface area contributed by atoms with Gasteiger partial charge in [0.2, 0.25) is 0 Å². The molecule has 0 saturated carbocycles. The zero-order chi connectivity index (χ0) is 17.2. The normalized spacial score (nSPS) is 17.6. The first kappa shape index (κ1) is 16.8. The maximum absolute atomic E-state index is 6.34. The number of rotatable bonds is 3. The second-order valence-corrected chi connectivity index (χ2v) is 7.19. The van der Waals surface area contributed by atoms with E-state index in [2.05, 4.69) is 15.9 Å². The predicted octanol–water partition coefficient (Wildman–Crippen LogP) is 4.09. The minimum Gasteiger partial charge on any atom is -0.486 e. The van der Waals surface area contributed by atoms with Crippen LogP contribution in [0.4, 0.5) is 5.69 Å². The van der Waals surface area contributed by atoms with Gasteiger partial charge in [0.05, 0.1) is 5.02 Å². The molecule has 0 N–H and O–H groups in total. The fourth-order valence-electron chi connectivity index (χ4n) is 3.35. The molecule has 0 bridgehead atoms. The molecule has 0 amide bonds. The van der Waals surface area contributed by atoms with Gasteiger partial charge in [-0.25, -0.2) is 0 Å². The molecule has 25 heavy (non-hydrogen) atoms. The third-order valence-corrected chi connectivity index (χ3v) is 5.12. The molecular formula is C19H20Cl2N2O2. The molecule has 0 unspecified atom stereocenters. The summed E-state index contributed by atoms with van der Waals surface area (Å²) >= 11 is 12.4. The van der Waals surface area contributed by atoms with Crippen molar-refractivity contribution in [1.82, 2.24) is 4.90 Å². The van der Waals surface area contributed by atoms with Crippen LogP contribution < -0.4 is 14.4 Å². The van der Waals surface area contributed by atoms with Gasteiger partial charge in [0.15, 0.2) is 11.5 Å². The molecule has 2 aromatic carbocycles. The third kappa shape index (κ3) is 3.81. The van der Waals surface area contributed by atoms with Gasteiger partial charge in [-0.3, -0.25) is 4.90 Å². The van der Waals surface area contributed by atoms with Gasteiger partial charge in [-0.1, -0.05) is 29.3 Å². The van der Waals surface area contributed by atoms with E-state index in [0.29, 0.717) is 24.0 Å². The van der Waals surface area contributed by atoms with Crippen molar-refractivity contribution >= 4 is 28.9 Å². The molecule has 6 heteroatoms. The monoisotopic (exact) mass is 378 g/mol. The van der Waals surface area contributed by atoms with Crippen molar-refractivity contribution in [3.05, 3.63) is 52.0 Å². The van der Waals surface area contributed by atoms with Crippen LogP contribution in [0.1, 0.15) is 5.56 Å². The Kier molecular flexibility index (Phi) is 4.93. The van der Waals surface area contributed by atoms with Crippen LogP contribution in [0.25, 0.3) is 0 Å². The van der Waals surface area contributed by atoms with Crippen LogP contribution in [0.2, 0.25) is 10.0 Å². The molecular weight excluding hydrogens is 359 g/mol. The number of benzene rings is 2. The number of halogens is 2. The number of piperazine rings is 1. The molecule has 0 atom stereocenters. The van der Waals surface area contributed by atoms with Crippen molar-refractivity contribution in [2.75, 3.05) is 44.3 Å². The lowest BCUT2D eigenvalue weighted by Gasteiger charge is -2.36. The second-order valence-electron chi connectivity index (χ2n) is 6.34. The zero-order valence-corrected chi connectivity index (χ0v) is 15.4. The first-order valence-electron chi connectivity index (χ1n) is 8.50. The summed E-state index contributed by atoms with van der Waals surface area (Å²) in [6, 6.07) is 12.1. The van der Waals surface area contributed by atoms with Gasteiger partial charge in [-0.05, 0) is 35.9 Å².